The number of nitrogens with zero attached hydrogens (tertiary/aromatic N) is 1. The molecule has 1 heterocycles. The van der Waals surface area contributed by atoms with Crippen molar-refractivity contribution in [1.29, 1.82) is 0 Å². The fourth-order valence-corrected chi connectivity index (χ4v) is 3.41. The Morgan fingerprint density at radius 1 is 1.00 bits per heavy atom. The minimum Gasteiger partial charge on any atom is -0.330 e. The SMILES string of the molecule is CNC1CCCC(c2ccccc2)N(Cc2ccccc2)C1=O. The first-order chi connectivity index (χ1) is 11.3. The number of amides is 1. The van der Waals surface area contributed by atoms with Gasteiger partial charge in [-0.05, 0) is 37.4 Å². The van der Waals surface area contributed by atoms with Crippen molar-refractivity contribution in [3.8, 4) is 0 Å². The van der Waals surface area contributed by atoms with Gasteiger partial charge in [-0.2, -0.15) is 0 Å². The van der Waals surface area contributed by atoms with Gasteiger partial charge in [-0.1, -0.05) is 60.7 Å². The molecule has 2 unspecified atom stereocenters. The molecule has 2 aromatic rings. The number of carbonyl (C=O) groups is 1. The Morgan fingerprint density at radius 3 is 2.30 bits per heavy atom. The second-order valence-corrected chi connectivity index (χ2v) is 6.15. The van der Waals surface area contributed by atoms with Crippen molar-refractivity contribution >= 4 is 5.91 Å². The lowest BCUT2D eigenvalue weighted by Crippen LogP contribution is -2.44. The van der Waals surface area contributed by atoms with Crippen LogP contribution in [0.5, 0.6) is 0 Å². The van der Waals surface area contributed by atoms with E-state index in [1.54, 1.807) is 0 Å². The maximum Gasteiger partial charge on any atom is 0.240 e. The monoisotopic (exact) mass is 308 g/mol. The summed E-state index contributed by atoms with van der Waals surface area (Å²) in [7, 11) is 1.88. The van der Waals surface area contributed by atoms with E-state index in [0.717, 1.165) is 19.3 Å². The number of rotatable bonds is 4. The van der Waals surface area contributed by atoms with Crippen LogP contribution in [0.2, 0.25) is 0 Å². The molecular weight excluding hydrogens is 284 g/mol. The van der Waals surface area contributed by atoms with E-state index in [2.05, 4.69) is 46.6 Å². The van der Waals surface area contributed by atoms with Crippen LogP contribution in [0.4, 0.5) is 0 Å². The standard InChI is InChI=1S/C20H24N2O/c1-21-18-13-8-14-19(17-11-6-3-7-12-17)22(20(18)23)15-16-9-4-2-5-10-16/h2-7,9-12,18-19,21H,8,13-15H2,1H3. The van der Waals surface area contributed by atoms with Crippen molar-refractivity contribution in [2.24, 2.45) is 0 Å². The average molecular weight is 308 g/mol. The molecular formula is C20H24N2O. The zero-order valence-corrected chi connectivity index (χ0v) is 13.6. The van der Waals surface area contributed by atoms with Gasteiger partial charge in [0.15, 0.2) is 0 Å². The van der Waals surface area contributed by atoms with E-state index >= 15 is 0 Å². The Balaban J connectivity index is 1.93. The van der Waals surface area contributed by atoms with Gasteiger partial charge in [-0.3, -0.25) is 4.79 Å². The van der Waals surface area contributed by atoms with Crippen LogP contribution in [0.15, 0.2) is 60.7 Å². The molecule has 3 nitrogen and oxygen atoms in total. The highest BCUT2D eigenvalue weighted by Gasteiger charge is 2.32. The van der Waals surface area contributed by atoms with Crippen LogP contribution in [-0.2, 0) is 11.3 Å². The van der Waals surface area contributed by atoms with Gasteiger partial charge in [0, 0.05) is 6.54 Å². The maximum atomic E-state index is 13.0. The van der Waals surface area contributed by atoms with E-state index in [4.69, 9.17) is 0 Å². The zero-order valence-electron chi connectivity index (χ0n) is 13.6. The molecule has 1 N–H and O–H groups in total. The van der Waals surface area contributed by atoms with Crippen LogP contribution < -0.4 is 5.32 Å². The zero-order chi connectivity index (χ0) is 16.1. The summed E-state index contributed by atoms with van der Waals surface area (Å²) in [6, 6.07) is 20.7. The van der Waals surface area contributed by atoms with Crippen LogP contribution in [-0.4, -0.2) is 23.9 Å². The number of hydrogen-bond donors (Lipinski definition) is 1. The molecule has 0 bridgehead atoms. The predicted octanol–water partition coefficient (Wildman–Crippen LogP) is 3.53. The molecule has 1 amide bonds. The topological polar surface area (TPSA) is 32.3 Å². The molecule has 0 aliphatic carbocycles. The van der Waals surface area contributed by atoms with Gasteiger partial charge in [0.05, 0.1) is 12.1 Å². The van der Waals surface area contributed by atoms with Crippen molar-refractivity contribution in [1.82, 2.24) is 10.2 Å². The lowest BCUT2D eigenvalue weighted by Gasteiger charge is -2.32. The molecule has 0 spiro atoms. The van der Waals surface area contributed by atoms with Crippen molar-refractivity contribution < 1.29 is 4.79 Å². The molecule has 0 saturated carbocycles. The third-order valence-corrected chi connectivity index (χ3v) is 4.66. The van der Waals surface area contributed by atoms with Crippen molar-refractivity contribution in [2.45, 2.75) is 37.9 Å². The second-order valence-electron chi connectivity index (χ2n) is 6.15. The molecule has 1 aliphatic rings. The first-order valence-corrected chi connectivity index (χ1v) is 8.36. The Labute approximate surface area is 138 Å². The maximum absolute atomic E-state index is 13.0. The highest BCUT2D eigenvalue weighted by molar-refractivity contribution is 5.82. The number of nitrogens with one attached hydrogen (secondary N) is 1. The summed E-state index contributed by atoms with van der Waals surface area (Å²) in [5, 5.41) is 3.19. The van der Waals surface area contributed by atoms with Crippen molar-refractivity contribution in [2.75, 3.05) is 7.05 Å². The lowest BCUT2D eigenvalue weighted by atomic mass is 10.0. The van der Waals surface area contributed by atoms with Crippen molar-refractivity contribution in [3.05, 3.63) is 71.8 Å². The van der Waals surface area contributed by atoms with Crippen LogP contribution in [0.1, 0.15) is 36.4 Å². The normalized spacial score (nSPS) is 22.0. The molecule has 1 fully saturated rings. The predicted molar refractivity (Wildman–Crippen MR) is 92.9 cm³/mol. The van der Waals surface area contributed by atoms with Crippen molar-refractivity contribution in [3.63, 3.8) is 0 Å². The Kier molecular flexibility index (Phi) is 5.09. The molecule has 2 aromatic carbocycles. The van der Waals surface area contributed by atoms with Crippen LogP contribution in [0.3, 0.4) is 0 Å². The fraction of sp³-hybridized carbons (Fsp3) is 0.350. The molecule has 1 saturated heterocycles. The van der Waals surface area contributed by atoms with E-state index in [0.29, 0.717) is 6.54 Å². The van der Waals surface area contributed by atoms with E-state index in [9.17, 15) is 4.79 Å². The molecule has 2 atom stereocenters. The molecule has 120 valence electrons. The third kappa shape index (κ3) is 3.62. The summed E-state index contributed by atoms with van der Waals surface area (Å²) in [6.45, 7) is 0.664. The summed E-state index contributed by atoms with van der Waals surface area (Å²) >= 11 is 0. The number of likely N-dealkylation sites (tertiary alicyclic amines) is 1. The quantitative estimate of drug-likeness (QED) is 0.937. The number of likely N-dealkylation sites (N-methyl/N-ethyl adjacent to an activating group) is 1. The van der Waals surface area contributed by atoms with Gasteiger partial charge in [-0.25, -0.2) is 0 Å². The largest absolute Gasteiger partial charge is 0.330 e. The lowest BCUT2D eigenvalue weighted by molar-refractivity contribution is -0.135. The van der Waals surface area contributed by atoms with E-state index in [-0.39, 0.29) is 18.0 Å². The molecule has 3 heteroatoms. The van der Waals surface area contributed by atoms with Gasteiger partial charge < -0.3 is 10.2 Å². The average Bonchev–Trinajstić information content (AvgIpc) is 2.76. The van der Waals surface area contributed by atoms with Crippen LogP contribution in [0, 0.1) is 0 Å². The number of carbonyl (C=O) groups excluding carboxylic acids is 1. The Morgan fingerprint density at radius 2 is 1.65 bits per heavy atom. The number of benzene rings is 2. The summed E-state index contributed by atoms with van der Waals surface area (Å²) < 4.78 is 0. The van der Waals surface area contributed by atoms with E-state index in [1.807, 2.05) is 31.3 Å². The first-order valence-electron chi connectivity index (χ1n) is 8.36. The van der Waals surface area contributed by atoms with Gasteiger partial charge in [0.25, 0.3) is 0 Å². The highest BCUT2D eigenvalue weighted by Crippen LogP contribution is 2.32. The number of hydrogen-bond acceptors (Lipinski definition) is 2. The summed E-state index contributed by atoms with van der Waals surface area (Å²) in [5.74, 6) is 0.211. The van der Waals surface area contributed by atoms with Gasteiger partial charge in [0.1, 0.15) is 0 Å². The third-order valence-electron chi connectivity index (χ3n) is 4.66. The first kappa shape index (κ1) is 15.8. The summed E-state index contributed by atoms with van der Waals surface area (Å²) in [5.41, 5.74) is 2.41. The Hall–Kier alpha value is -2.13. The molecule has 23 heavy (non-hydrogen) atoms. The van der Waals surface area contributed by atoms with Gasteiger partial charge in [0.2, 0.25) is 5.91 Å². The molecule has 1 aliphatic heterocycles. The van der Waals surface area contributed by atoms with Crippen LogP contribution >= 0.6 is 0 Å². The van der Waals surface area contributed by atoms with E-state index in [1.165, 1.54) is 11.1 Å². The van der Waals surface area contributed by atoms with Gasteiger partial charge in [-0.15, -0.1) is 0 Å². The minimum absolute atomic E-state index is 0.0765. The highest BCUT2D eigenvalue weighted by atomic mass is 16.2. The van der Waals surface area contributed by atoms with Crippen LogP contribution in [0.25, 0.3) is 0 Å². The van der Waals surface area contributed by atoms with Gasteiger partial charge >= 0.3 is 0 Å². The minimum atomic E-state index is -0.0765. The Bertz CT molecular complexity index is 627. The summed E-state index contributed by atoms with van der Waals surface area (Å²) in [6.07, 6.45) is 2.98. The summed E-state index contributed by atoms with van der Waals surface area (Å²) in [4.78, 5) is 15.1. The van der Waals surface area contributed by atoms with E-state index < -0.39 is 0 Å². The smallest absolute Gasteiger partial charge is 0.240 e. The second kappa shape index (κ2) is 7.42. The molecule has 0 aromatic heterocycles. The fourth-order valence-electron chi connectivity index (χ4n) is 3.41. The molecule has 0 radical (unpaired) electrons. The molecule has 3 rings (SSSR count).